The monoisotopic (exact) mass is 499 g/mol. The molecule has 36 heavy (non-hydrogen) atoms. The molecule has 200 valence electrons. The zero-order chi connectivity index (χ0) is 26.5. The van der Waals surface area contributed by atoms with Gasteiger partial charge in [-0.1, -0.05) is 62.9 Å². The van der Waals surface area contributed by atoms with Crippen LogP contribution in [0.15, 0.2) is 24.3 Å². The lowest BCUT2D eigenvalue weighted by Crippen LogP contribution is -2.59. The number of aryl methyl sites for hydroxylation is 1. The third-order valence-corrected chi connectivity index (χ3v) is 7.20. The predicted molar refractivity (Wildman–Crippen MR) is 141 cm³/mol. The van der Waals surface area contributed by atoms with Crippen molar-refractivity contribution in [2.24, 2.45) is 5.92 Å². The molecule has 0 aromatic heterocycles. The minimum Gasteiger partial charge on any atom is -0.444 e. The van der Waals surface area contributed by atoms with Crippen molar-refractivity contribution in [3.8, 4) is 0 Å². The summed E-state index contributed by atoms with van der Waals surface area (Å²) in [5.74, 6) is -0.539. The average molecular weight is 500 g/mol. The Morgan fingerprint density at radius 2 is 1.56 bits per heavy atom. The maximum atomic E-state index is 14.2. The van der Waals surface area contributed by atoms with Gasteiger partial charge in [0.25, 0.3) is 0 Å². The van der Waals surface area contributed by atoms with E-state index >= 15 is 0 Å². The zero-order valence-corrected chi connectivity index (χ0v) is 22.9. The summed E-state index contributed by atoms with van der Waals surface area (Å²) in [6.07, 6.45) is 7.46. The molecule has 1 aromatic rings. The second-order valence-electron chi connectivity index (χ2n) is 11.9. The standard InChI is InChI=1S/C29H45N3O4/c1-19(2)24(31-28(35)36-29(4,5)6)27(34)32(23-13-10-14-23)25(21-17-15-20(3)16-18-21)26(33)30-22-11-8-7-9-12-22/h15-19,22-25H,7-14H2,1-6H3,(H,30,33)(H,31,35). The summed E-state index contributed by atoms with van der Waals surface area (Å²) in [5, 5.41) is 6.07. The molecule has 0 aliphatic heterocycles. The molecular formula is C29H45N3O4. The second kappa shape index (κ2) is 12.1. The molecule has 3 rings (SSSR count). The van der Waals surface area contributed by atoms with Gasteiger partial charge in [-0.15, -0.1) is 0 Å². The van der Waals surface area contributed by atoms with Gasteiger partial charge in [-0.2, -0.15) is 0 Å². The van der Waals surface area contributed by atoms with Crippen molar-refractivity contribution >= 4 is 17.9 Å². The van der Waals surface area contributed by atoms with E-state index in [0.29, 0.717) is 0 Å². The SMILES string of the molecule is Cc1ccc(C(C(=O)NC2CCCCC2)N(C(=O)C(NC(=O)OC(C)(C)C)C(C)C)C2CCC2)cc1. The van der Waals surface area contributed by atoms with Crippen LogP contribution < -0.4 is 10.6 Å². The number of alkyl carbamates (subject to hydrolysis) is 1. The van der Waals surface area contributed by atoms with Crippen molar-refractivity contribution in [2.75, 3.05) is 0 Å². The number of rotatable bonds is 8. The fourth-order valence-electron chi connectivity index (χ4n) is 5.01. The number of ether oxygens (including phenoxy) is 1. The summed E-state index contributed by atoms with van der Waals surface area (Å²) in [5.41, 5.74) is 1.22. The second-order valence-corrected chi connectivity index (χ2v) is 11.9. The third kappa shape index (κ3) is 7.47. The number of nitrogens with one attached hydrogen (secondary N) is 2. The quantitative estimate of drug-likeness (QED) is 0.500. The normalized spacial score (nSPS) is 18.6. The Kier molecular flexibility index (Phi) is 9.42. The molecular weight excluding hydrogens is 454 g/mol. The Bertz CT molecular complexity index is 896. The van der Waals surface area contributed by atoms with Crippen LogP contribution in [0.3, 0.4) is 0 Å². The smallest absolute Gasteiger partial charge is 0.408 e. The summed E-state index contributed by atoms with van der Waals surface area (Å²) in [6, 6.07) is 6.43. The molecule has 1 aromatic carbocycles. The molecule has 0 spiro atoms. The number of benzene rings is 1. The molecule has 7 nitrogen and oxygen atoms in total. The number of hydrogen-bond acceptors (Lipinski definition) is 4. The first-order valence-electron chi connectivity index (χ1n) is 13.6. The van der Waals surface area contributed by atoms with Crippen molar-refractivity contribution in [3.63, 3.8) is 0 Å². The van der Waals surface area contributed by atoms with Crippen LogP contribution in [-0.4, -0.2) is 46.5 Å². The van der Waals surface area contributed by atoms with Crippen LogP contribution in [0.4, 0.5) is 4.79 Å². The molecule has 2 atom stereocenters. The van der Waals surface area contributed by atoms with Crippen LogP contribution >= 0.6 is 0 Å². The van der Waals surface area contributed by atoms with Crippen LogP contribution in [0.2, 0.25) is 0 Å². The van der Waals surface area contributed by atoms with Crippen molar-refractivity contribution < 1.29 is 19.1 Å². The van der Waals surface area contributed by atoms with Gasteiger partial charge in [-0.25, -0.2) is 4.79 Å². The number of hydrogen-bond donors (Lipinski definition) is 2. The molecule has 2 unspecified atom stereocenters. The topological polar surface area (TPSA) is 87.7 Å². The van der Waals surface area contributed by atoms with Gasteiger partial charge in [0.2, 0.25) is 11.8 Å². The van der Waals surface area contributed by atoms with Crippen molar-refractivity contribution in [2.45, 2.75) is 123 Å². The molecule has 7 heteroatoms. The van der Waals surface area contributed by atoms with Crippen molar-refractivity contribution in [1.82, 2.24) is 15.5 Å². The molecule has 0 saturated heterocycles. The highest BCUT2D eigenvalue weighted by Crippen LogP contribution is 2.35. The molecule has 2 saturated carbocycles. The molecule has 0 heterocycles. The average Bonchev–Trinajstić information content (AvgIpc) is 2.76. The highest BCUT2D eigenvalue weighted by atomic mass is 16.6. The lowest BCUT2D eigenvalue weighted by atomic mass is 9.87. The van der Waals surface area contributed by atoms with Crippen LogP contribution in [0, 0.1) is 12.8 Å². The number of amides is 3. The Morgan fingerprint density at radius 1 is 0.944 bits per heavy atom. The van der Waals surface area contributed by atoms with Crippen LogP contribution in [0.1, 0.15) is 103 Å². The van der Waals surface area contributed by atoms with Gasteiger partial charge in [-0.3, -0.25) is 9.59 Å². The first-order valence-corrected chi connectivity index (χ1v) is 13.6. The van der Waals surface area contributed by atoms with Gasteiger partial charge in [0.1, 0.15) is 17.7 Å². The Labute approximate surface area is 216 Å². The predicted octanol–water partition coefficient (Wildman–Crippen LogP) is 5.42. The molecule has 3 amide bonds. The van der Waals surface area contributed by atoms with Gasteiger partial charge < -0.3 is 20.3 Å². The minimum absolute atomic E-state index is 0.0393. The number of carbonyl (C=O) groups is 3. The van der Waals surface area contributed by atoms with E-state index in [2.05, 4.69) is 10.6 Å². The van der Waals surface area contributed by atoms with Gasteiger partial charge in [0.15, 0.2) is 0 Å². The summed E-state index contributed by atoms with van der Waals surface area (Å²) in [7, 11) is 0. The first-order chi connectivity index (χ1) is 17.0. The maximum absolute atomic E-state index is 14.2. The maximum Gasteiger partial charge on any atom is 0.408 e. The van der Waals surface area contributed by atoms with Gasteiger partial charge >= 0.3 is 6.09 Å². The minimum atomic E-state index is -0.795. The van der Waals surface area contributed by atoms with Crippen LogP contribution in [0.25, 0.3) is 0 Å². The summed E-state index contributed by atoms with van der Waals surface area (Å²) in [6.45, 7) is 11.2. The Hall–Kier alpha value is -2.57. The van der Waals surface area contributed by atoms with E-state index in [1.54, 1.807) is 25.7 Å². The van der Waals surface area contributed by atoms with E-state index in [1.807, 2.05) is 45.0 Å². The van der Waals surface area contributed by atoms with Gasteiger partial charge in [0.05, 0.1) is 0 Å². The third-order valence-electron chi connectivity index (χ3n) is 7.20. The van der Waals surface area contributed by atoms with E-state index in [0.717, 1.165) is 56.1 Å². The number of carbonyl (C=O) groups excluding carboxylic acids is 3. The first kappa shape index (κ1) is 28.0. The lowest BCUT2D eigenvalue weighted by Gasteiger charge is -2.44. The van der Waals surface area contributed by atoms with E-state index in [9.17, 15) is 14.4 Å². The van der Waals surface area contributed by atoms with E-state index in [1.165, 1.54) is 6.42 Å². The summed E-state index contributed by atoms with van der Waals surface area (Å²) < 4.78 is 5.46. The van der Waals surface area contributed by atoms with Crippen molar-refractivity contribution in [1.29, 1.82) is 0 Å². The van der Waals surface area contributed by atoms with Gasteiger partial charge in [0, 0.05) is 12.1 Å². The van der Waals surface area contributed by atoms with E-state index in [4.69, 9.17) is 4.74 Å². The fraction of sp³-hybridized carbons (Fsp3) is 0.690. The van der Waals surface area contributed by atoms with E-state index < -0.39 is 23.8 Å². The molecule has 2 fully saturated rings. The van der Waals surface area contributed by atoms with E-state index in [-0.39, 0.29) is 29.8 Å². The Morgan fingerprint density at radius 3 is 2.06 bits per heavy atom. The molecule has 2 N–H and O–H groups in total. The zero-order valence-electron chi connectivity index (χ0n) is 22.9. The molecule has 0 radical (unpaired) electrons. The summed E-state index contributed by atoms with van der Waals surface area (Å²) >= 11 is 0. The van der Waals surface area contributed by atoms with Gasteiger partial charge in [-0.05, 0) is 71.3 Å². The molecule has 2 aliphatic carbocycles. The lowest BCUT2D eigenvalue weighted by molar-refractivity contribution is -0.148. The van der Waals surface area contributed by atoms with Crippen molar-refractivity contribution in [3.05, 3.63) is 35.4 Å². The van der Waals surface area contributed by atoms with Crippen LogP contribution in [-0.2, 0) is 14.3 Å². The summed E-state index contributed by atoms with van der Waals surface area (Å²) in [4.78, 5) is 42.4. The fourth-order valence-corrected chi connectivity index (χ4v) is 5.01. The highest BCUT2D eigenvalue weighted by molar-refractivity contribution is 5.92. The molecule has 0 bridgehead atoms. The Balaban J connectivity index is 1.94. The highest BCUT2D eigenvalue weighted by Gasteiger charge is 2.43. The largest absolute Gasteiger partial charge is 0.444 e. The number of nitrogens with zero attached hydrogens (tertiary/aromatic N) is 1. The molecule has 2 aliphatic rings. The van der Waals surface area contributed by atoms with Crippen LogP contribution in [0.5, 0.6) is 0 Å².